The number of aromatic hydroxyl groups is 1. The van der Waals surface area contributed by atoms with Gasteiger partial charge in [-0.3, -0.25) is 9.69 Å². The molecule has 3 rings (SSSR count). The van der Waals surface area contributed by atoms with E-state index < -0.39 is 28.9 Å². The number of anilines is 1. The highest BCUT2D eigenvalue weighted by atomic mass is 19.1. The molecule has 6 nitrogen and oxygen atoms in total. The highest BCUT2D eigenvalue weighted by molar-refractivity contribution is 6.07. The van der Waals surface area contributed by atoms with Crippen LogP contribution < -0.4 is 9.64 Å². The number of amides is 1. The number of nitrogens with zero attached hydrogens (tertiary/aromatic N) is 3. The van der Waals surface area contributed by atoms with Gasteiger partial charge in [-0.1, -0.05) is 0 Å². The van der Waals surface area contributed by atoms with Crippen LogP contribution in [-0.2, 0) is 7.05 Å². The van der Waals surface area contributed by atoms with Gasteiger partial charge in [-0.15, -0.1) is 0 Å². The van der Waals surface area contributed by atoms with Crippen molar-refractivity contribution in [1.29, 1.82) is 0 Å². The Balaban J connectivity index is 2.07. The van der Waals surface area contributed by atoms with E-state index in [1.807, 2.05) is 0 Å². The molecule has 1 aromatic carbocycles. The summed E-state index contributed by atoms with van der Waals surface area (Å²) in [4.78, 5) is 13.9. The molecular formula is C14H13F2N3O3. The first-order valence-corrected chi connectivity index (χ1v) is 6.57. The number of phenols is 1. The quantitative estimate of drug-likeness (QED) is 0.871. The Morgan fingerprint density at radius 1 is 1.41 bits per heavy atom. The second-order valence-corrected chi connectivity index (χ2v) is 4.93. The maximum atomic E-state index is 14.0. The molecule has 2 aromatic rings. The molecule has 0 radical (unpaired) electrons. The lowest BCUT2D eigenvalue weighted by Crippen LogP contribution is -2.38. The Hall–Kier alpha value is -2.64. The molecule has 0 fully saturated rings. The molecule has 1 aliphatic rings. The van der Waals surface area contributed by atoms with Crippen LogP contribution in [0.15, 0.2) is 12.1 Å². The Bertz CT molecular complexity index is 773. The van der Waals surface area contributed by atoms with Crippen molar-refractivity contribution in [2.75, 3.05) is 18.1 Å². The summed E-state index contributed by atoms with van der Waals surface area (Å²) in [5, 5.41) is 13.5. The summed E-state index contributed by atoms with van der Waals surface area (Å²) in [5.41, 5.74) is 0.592. The zero-order valence-corrected chi connectivity index (χ0v) is 11.9. The van der Waals surface area contributed by atoms with Gasteiger partial charge in [0, 0.05) is 7.05 Å². The second-order valence-electron chi connectivity index (χ2n) is 4.93. The first-order chi connectivity index (χ1) is 10.4. The van der Waals surface area contributed by atoms with E-state index in [1.54, 1.807) is 14.0 Å². The monoisotopic (exact) mass is 309 g/mol. The normalized spacial score (nSPS) is 13.7. The summed E-state index contributed by atoms with van der Waals surface area (Å²) in [5.74, 6) is -3.84. The number of rotatable bonds is 1. The Kier molecular flexibility index (Phi) is 3.23. The lowest BCUT2D eigenvalue weighted by molar-refractivity contribution is 0.0970. The van der Waals surface area contributed by atoms with Gasteiger partial charge < -0.3 is 9.84 Å². The van der Waals surface area contributed by atoms with E-state index in [9.17, 15) is 18.7 Å². The Morgan fingerprint density at radius 2 is 2.14 bits per heavy atom. The number of hydrogen-bond acceptors (Lipinski definition) is 4. The van der Waals surface area contributed by atoms with Gasteiger partial charge in [-0.2, -0.15) is 5.10 Å². The van der Waals surface area contributed by atoms with Gasteiger partial charge in [0.2, 0.25) is 5.88 Å². The fourth-order valence-corrected chi connectivity index (χ4v) is 2.50. The van der Waals surface area contributed by atoms with Crippen LogP contribution in [0.25, 0.3) is 0 Å². The van der Waals surface area contributed by atoms with Crippen LogP contribution in [0.3, 0.4) is 0 Å². The van der Waals surface area contributed by atoms with E-state index in [0.717, 1.165) is 12.1 Å². The maximum absolute atomic E-state index is 14.0. The molecule has 22 heavy (non-hydrogen) atoms. The van der Waals surface area contributed by atoms with Crippen molar-refractivity contribution in [1.82, 2.24) is 9.78 Å². The van der Waals surface area contributed by atoms with E-state index in [4.69, 9.17) is 4.74 Å². The number of halogens is 2. The third-order valence-electron chi connectivity index (χ3n) is 3.51. The molecule has 1 amide bonds. The van der Waals surface area contributed by atoms with Crippen LogP contribution in [0.1, 0.15) is 16.1 Å². The van der Waals surface area contributed by atoms with Crippen molar-refractivity contribution >= 4 is 11.6 Å². The van der Waals surface area contributed by atoms with Gasteiger partial charge in [-0.05, 0) is 19.1 Å². The molecule has 116 valence electrons. The fourth-order valence-electron chi connectivity index (χ4n) is 2.50. The average Bonchev–Trinajstić information content (AvgIpc) is 2.79. The molecule has 0 unspecified atom stereocenters. The summed E-state index contributed by atoms with van der Waals surface area (Å²) in [7, 11) is 1.67. The standard InChI is InChI=1S/C14H13F2N3O3/c1-7-11-14(18(2)17-7)22-6-5-19(11)13(21)8-3-4-9(15)12(20)10(8)16/h3-4,20H,5-6H2,1-2H3. The van der Waals surface area contributed by atoms with Crippen molar-refractivity contribution in [3.05, 3.63) is 35.0 Å². The van der Waals surface area contributed by atoms with Crippen LogP contribution in [-0.4, -0.2) is 33.9 Å². The van der Waals surface area contributed by atoms with Crippen molar-refractivity contribution in [3.63, 3.8) is 0 Å². The molecule has 0 saturated carbocycles. The number of fused-ring (bicyclic) bond motifs is 1. The highest BCUT2D eigenvalue weighted by Gasteiger charge is 2.32. The topological polar surface area (TPSA) is 67.6 Å². The van der Waals surface area contributed by atoms with Crippen molar-refractivity contribution < 1.29 is 23.4 Å². The number of carbonyl (C=O) groups is 1. The van der Waals surface area contributed by atoms with Gasteiger partial charge in [0.15, 0.2) is 17.4 Å². The summed E-state index contributed by atoms with van der Waals surface area (Å²) < 4.78 is 34.0. The Morgan fingerprint density at radius 3 is 2.86 bits per heavy atom. The number of aryl methyl sites for hydroxylation is 2. The SMILES string of the molecule is Cc1nn(C)c2c1N(C(=O)c1ccc(F)c(O)c1F)CCO2. The van der Waals surface area contributed by atoms with Crippen LogP contribution >= 0.6 is 0 Å². The predicted molar refractivity (Wildman–Crippen MR) is 73.1 cm³/mol. The minimum atomic E-state index is -1.28. The van der Waals surface area contributed by atoms with E-state index in [-0.39, 0.29) is 13.2 Å². The highest BCUT2D eigenvalue weighted by Crippen LogP contribution is 2.36. The first-order valence-electron chi connectivity index (χ1n) is 6.57. The number of phenolic OH excluding ortho intramolecular Hbond substituents is 1. The summed E-state index contributed by atoms with van der Waals surface area (Å²) >= 11 is 0. The van der Waals surface area contributed by atoms with Crippen molar-refractivity contribution in [2.24, 2.45) is 7.05 Å². The zero-order valence-electron chi connectivity index (χ0n) is 11.9. The summed E-state index contributed by atoms with van der Waals surface area (Å²) in [6.45, 7) is 2.13. The minimum Gasteiger partial charge on any atom is -0.503 e. The molecule has 0 atom stereocenters. The maximum Gasteiger partial charge on any atom is 0.261 e. The number of hydrogen-bond donors (Lipinski definition) is 1. The van der Waals surface area contributed by atoms with E-state index in [1.165, 1.54) is 9.58 Å². The van der Waals surface area contributed by atoms with Crippen LogP contribution in [0.4, 0.5) is 14.5 Å². The number of benzene rings is 1. The third kappa shape index (κ3) is 1.99. The average molecular weight is 309 g/mol. The van der Waals surface area contributed by atoms with Gasteiger partial charge in [0.1, 0.15) is 12.3 Å². The van der Waals surface area contributed by atoms with Crippen LogP contribution in [0, 0.1) is 18.6 Å². The number of carbonyl (C=O) groups excluding carboxylic acids is 1. The molecule has 1 aliphatic heterocycles. The van der Waals surface area contributed by atoms with Crippen LogP contribution in [0.5, 0.6) is 11.6 Å². The van der Waals surface area contributed by atoms with Crippen molar-refractivity contribution in [3.8, 4) is 11.6 Å². The fraction of sp³-hybridized carbons (Fsp3) is 0.286. The molecular weight excluding hydrogens is 296 g/mol. The lowest BCUT2D eigenvalue weighted by Gasteiger charge is -2.27. The molecule has 0 saturated heterocycles. The lowest BCUT2D eigenvalue weighted by atomic mass is 10.1. The first kappa shape index (κ1) is 14.3. The van der Waals surface area contributed by atoms with E-state index >= 15 is 0 Å². The molecule has 0 bridgehead atoms. The predicted octanol–water partition coefficient (Wildman–Crippen LogP) is 1.75. The van der Waals surface area contributed by atoms with Gasteiger partial charge >= 0.3 is 0 Å². The van der Waals surface area contributed by atoms with Gasteiger partial charge in [0.25, 0.3) is 5.91 Å². The smallest absolute Gasteiger partial charge is 0.261 e. The second kappa shape index (κ2) is 4.97. The van der Waals surface area contributed by atoms with E-state index in [0.29, 0.717) is 17.3 Å². The van der Waals surface area contributed by atoms with E-state index in [2.05, 4.69) is 5.10 Å². The molecule has 8 heteroatoms. The molecule has 1 N–H and O–H groups in total. The molecule has 0 spiro atoms. The van der Waals surface area contributed by atoms with Gasteiger partial charge in [-0.25, -0.2) is 13.5 Å². The summed E-state index contributed by atoms with van der Waals surface area (Å²) in [6, 6.07) is 1.86. The van der Waals surface area contributed by atoms with Crippen molar-refractivity contribution in [2.45, 2.75) is 6.92 Å². The zero-order chi connectivity index (χ0) is 16.0. The number of ether oxygens (including phenoxy) is 1. The third-order valence-corrected chi connectivity index (χ3v) is 3.51. The molecule has 0 aliphatic carbocycles. The largest absolute Gasteiger partial charge is 0.503 e. The number of aromatic nitrogens is 2. The van der Waals surface area contributed by atoms with Crippen LogP contribution in [0.2, 0.25) is 0 Å². The molecule has 1 aromatic heterocycles. The van der Waals surface area contributed by atoms with Gasteiger partial charge in [0.05, 0.1) is 17.8 Å². The summed E-state index contributed by atoms with van der Waals surface area (Å²) in [6.07, 6.45) is 0. The minimum absolute atomic E-state index is 0.204. The Labute approximate surface area is 124 Å². The molecule has 2 heterocycles.